The summed E-state index contributed by atoms with van der Waals surface area (Å²) in [7, 11) is 0. The quantitative estimate of drug-likeness (QED) is 0.629. The van der Waals surface area contributed by atoms with Gasteiger partial charge in [-0.2, -0.15) is 0 Å². The van der Waals surface area contributed by atoms with Crippen LogP contribution in [0.1, 0.15) is 34.8 Å². The van der Waals surface area contributed by atoms with Gasteiger partial charge in [0.15, 0.2) is 0 Å². The molecule has 0 fully saturated rings. The highest BCUT2D eigenvalue weighted by molar-refractivity contribution is 6.30. The van der Waals surface area contributed by atoms with E-state index in [0.717, 1.165) is 11.1 Å². The molecule has 3 aromatic rings. The largest absolute Gasteiger partial charge is 0.310 e. The van der Waals surface area contributed by atoms with Crippen LogP contribution in [-0.4, -0.2) is 16.5 Å². The fourth-order valence-electron chi connectivity index (χ4n) is 3.77. The van der Waals surface area contributed by atoms with Crippen molar-refractivity contribution in [2.45, 2.75) is 32.4 Å². The maximum atomic E-state index is 13.6. The van der Waals surface area contributed by atoms with Gasteiger partial charge in [-0.05, 0) is 73.4 Å². The highest BCUT2D eigenvalue weighted by atomic mass is 35.5. The van der Waals surface area contributed by atoms with Crippen molar-refractivity contribution in [2.75, 3.05) is 4.90 Å². The van der Waals surface area contributed by atoms with E-state index in [4.69, 9.17) is 11.6 Å². The fourth-order valence-corrected chi connectivity index (χ4v) is 3.90. The van der Waals surface area contributed by atoms with Gasteiger partial charge in [-0.1, -0.05) is 23.7 Å². The Bertz CT molecular complexity index is 1120. The lowest BCUT2D eigenvalue weighted by Gasteiger charge is -2.35. The lowest BCUT2D eigenvalue weighted by Crippen LogP contribution is -2.44. The first kappa shape index (κ1) is 19.4. The van der Waals surface area contributed by atoms with Crippen molar-refractivity contribution in [2.24, 2.45) is 0 Å². The number of nitrogens with zero attached hydrogens (tertiary/aromatic N) is 2. The number of aryl methyl sites for hydroxylation is 1. The summed E-state index contributed by atoms with van der Waals surface area (Å²) in [5.74, 6) is -0.684. The van der Waals surface area contributed by atoms with Crippen LogP contribution in [0.15, 0.2) is 65.6 Å². The normalized spacial score (nSPS) is 15.8. The van der Waals surface area contributed by atoms with Crippen LogP contribution in [-0.2, 0) is 13.0 Å². The number of halogens is 2. The predicted octanol–water partition coefficient (Wildman–Crippen LogP) is 4.67. The van der Waals surface area contributed by atoms with Gasteiger partial charge in [0.25, 0.3) is 11.5 Å². The third-order valence-corrected chi connectivity index (χ3v) is 5.56. The highest BCUT2D eigenvalue weighted by Crippen LogP contribution is 2.32. The molecule has 0 saturated carbocycles. The minimum atomic E-state index is -0.361. The van der Waals surface area contributed by atoms with Crippen LogP contribution >= 0.6 is 11.6 Å². The number of carbonyl (C=O) groups is 1. The lowest BCUT2D eigenvalue weighted by molar-refractivity contribution is 0.0973. The number of fused-ring (bicyclic) bond motifs is 1. The highest BCUT2D eigenvalue weighted by Gasteiger charge is 2.30. The van der Waals surface area contributed by atoms with Gasteiger partial charge in [0.2, 0.25) is 0 Å². The lowest BCUT2D eigenvalue weighted by atomic mass is 9.95. The van der Waals surface area contributed by atoms with Gasteiger partial charge in [-0.3, -0.25) is 9.59 Å². The van der Waals surface area contributed by atoms with Crippen molar-refractivity contribution >= 4 is 23.2 Å². The molecule has 0 radical (unpaired) electrons. The minimum absolute atomic E-state index is 0.0789. The molecule has 4 nitrogen and oxygen atoms in total. The number of rotatable bonds is 3. The second kappa shape index (κ2) is 7.84. The monoisotopic (exact) mass is 410 g/mol. The Morgan fingerprint density at radius 2 is 1.93 bits per heavy atom. The molecule has 4 rings (SSSR count). The molecular weight excluding hydrogens is 391 g/mol. The van der Waals surface area contributed by atoms with Crippen molar-refractivity contribution in [1.29, 1.82) is 0 Å². The van der Waals surface area contributed by atoms with Crippen molar-refractivity contribution < 1.29 is 9.18 Å². The molecule has 0 bridgehead atoms. The summed E-state index contributed by atoms with van der Waals surface area (Å²) >= 11 is 5.92. The molecule has 1 atom stereocenters. The van der Waals surface area contributed by atoms with E-state index < -0.39 is 0 Å². The van der Waals surface area contributed by atoms with Crippen molar-refractivity contribution in [3.63, 3.8) is 0 Å². The molecule has 29 heavy (non-hydrogen) atoms. The number of aromatic nitrogens is 1. The van der Waals surface area contributed by atoms with E-state index in [1.807, 2.05) is 19.1 Å². The number of carbonyl (C=O) groups excluding carboxylic acids is 1. The van der Waals surface area contributed by atoms with Gasteiger partial charge in [-0.15, -0.1) is 0 Å². The number of amides is 1. The van der Waals surface area contributed by atoms with E-state index in [1.54, 1.807) is 41.4 Å². The first-order valence-corrected chi connectivity index (χ1v) is 9.88. The molecule has 1 aromatic heterocycles. The van der Waals surface area contributed by atoms with Crippen molar-refractivity contribution in [3.8, 4) is 0 Å². The van der Waals surface area contributed by atoms with Gasteiger partial charge in [-0.25, -0.2) is 4.39 Å². The summed E-state index contributed by atoms with van der Waals surface area (Å²) in [5, 5.41) is 0.624. The van der Waals surface area contributed by atoms with Crippen LogP contribution < -0.4 is 10.5 Å². The zero-order chi connectivity index (χ0) is 20.5. The summed E-state index contributed by atoms with van der Waals surface area (Å²) in [4.78, 5) is 28.0. The maximum absolute atomic E-state index is 13.6. The SMILES string of the molecule is C[C@@H]1CCc2cc(F)ccc2N1C(=O)c1cccn(Cc2ccc(Cl)cc2)c1=O. The third-order valence-electron chi connectivity index (χ3n) is 5.31. The zero-order valence-corrected chi connectivity index (χ0v) is 16.7. The summed E-state index contributed by atoms with van der Waals surface area (Å²) in [6.45, 7) is 2.29. The average molecular weight is 411 g/mol. The number of anilines is 1. The Kier molecular flexibility index (Phi) is 5.24. The van der Waals surface area contributed by atoms with Gasteiger partial charge in [0.1, 0.15) is 11.4 Å². The minimum Gasteiger partial charge on any atom is -0.310 e. The number of hydrogen-bond donors (Lipinski definition) is 0. The van der Waals surface area contributed by atoms with Crippen LogP contribution in [0.5, 0.6) is 0 Å². The Morgan fingerprint density at radius 1 is 1.17 bits per heavy atom. The summed E-state index contributed by atoms with van der Waals surface area (Å²) < 4.78 is 15.1. The van der Waals surface area contributed by atoms with Crippen molar-refractivity contribution in [3.05, 3.63) is 98.7 Å². The molecule has 1 aliphatic rings. The molecule has 0 N–H and O–H groups in total. The molecule has 0 spiro atoms. The van der Waals surface area contributed by atoms with E-state index >= 15 is 0 Å². The molecule has 148 valence electrons. The second-order valence-electron chi connectivity index (χ2n) is 7.32. The van der Waals surface area contributed by atoms with Crippen molar-refractivity contribution in [1.82, 2.24) is 4.57 Å². The van der Waals surface area contributed by atoms with Gasteiger partial charge in [0, 0.05) is 22.9 Å². The summed E-state index contributed by atoms with van der Waals surface area (Å²) in [6, 6.07) is 14.8. The van der Waals surface area contributed by atoms with E-state index in [9.17, 15) is 14.0 Å². The number of pyridine rings is 1. The summed E-state index contributed by atoms with van der Waals surface area (Å²) in [6.07, 6.45) is 3.08. The fraction of sp³-hybridized carbons (Fsp3) is 0.217. The molecule has 0 unspecified atom stereocenters. The van der Waals surface area contributed by atoms with Gasteiger partial charge >= 0.3 is 0 Å². The molecule has 0 saturated heterocycles. The maximum Gasteiger partial charge on any atom is 0.264 e. The van der Waals surface area contributed by atoms with Gasteiger partial charge < -0.3 is 9.47 Å². The number of benzene rings is 2. The summed E-state index contributed by atoms with van der Waals surface area (Å²) in [5.41, 5.74) is 2.11. The molecule has 2 heterocycles. The van der Waals surface area contributed by atoms with Crippen LogP contribution in [0.25, 0.3) is 0 Å². The zero-order valence-electron chi connectivity index (χ0n) is 15.9. The molecule has 1 amide bonds. The molecule has 1 aliphatic heterocycles. The Morgan fingerprint density at radius 3 is 2.69 bits per heavy atom. The standard InChI is InChI=1S/C23H20ClFN2O2/c1-15-4-7-17-13-19(25)10-11-21(17)27(15)23(29)20-3-2-12-26(22(20)28)14-16-5-8-18(24)9-6-16/h2-3,5-6,8-13,15H,4,7,14H2,1H3/t15-/m1/s1. The molecular formula is C23H20ClFN2O2. The van der Waals surface area contributed by atoms with E-state index in [0.29, 0.717) is 30.1 Å². The topological polar surface area (TPSA) is 42.3 Å². The Balaban J connectivity index is 1.69. The van der Waals surface area contributed by atoms with Crippen LogP contribution in [0.2, 0.25) is 5.02 Å². The average Bonchev–Trinajstić information content (AvgIpc) is 2.71. The first-order chi connectivity index (χ1) is 13.9. The first-order valence-electron chi connectivity index (χ1n) is 9.50. The van der Waals surface area contributed by atoms with Crippen LogP contribution in [0.3, 0.4) is 0 Å². The van der Waals surface area contributed by atoms with E-state index in [2.05, 4.69) is 0 Å². The van der Waals surface area contributed by atoms with E-state index in [1.165, 1.54) is 16.7 Å². The molecule has 2 aromatic carbocycles. The number of hydrogen-bond acceptors (Lipinski definition) is 2. The molecule has 0 aliphatic carbocycles. The second-order valence-corrected chi connectivity index (χ2v) is 7.75. The predicted molar refractivity (Wildman–Crippen MR) is 112 cm³/mol. The van der Waals surface area contributed by atoms with Gasteiger partial charge in [0.05, 0.1) is 6.54 Å². The molecule has 6 heteroatoms. The Labute approximate surface area is 173 Å². The van der Waals surface area contributed by atoms with E-state index in [-0.39, 0.29) is 28.9 Å². The Hall–Kier alpha value is -2.92. The van der Waals surface area contributed by atoms with Crippen LogP contribution in [0, 0.1) is 5.82 Å². The van der Waals surface area contributed by atoms with Crippen LogP contribution in [0.4, 0.5) is 10.1 Å². The third kappa shape index (κ3) is 3.83. The smallest absolute Gasteiger partial charge is 0.264 e.